The lowest BCUT2D eigenvalue weighted by Crippen LogP contribution is -2.28. The molecule has 0 bridgehead atoms. The van der Waals surface area contributed by atoms with Gasteiger partial charge < -0.3 is 9.32 Å². The van der Waals surface area contributed by atoms with Crippen LogP contribution in [-0.4, -0.2) is 38.4 Å². The van der Waals surface area contributed by atoms with Gasteiger partial charge in [0, 0.05) is 29.6 Å². The van der Waals surface area contributed by atoms with Gasteiger partial charge in [0.25, 0.3) is 0 Å². The summed E-state index contributed by atoms with van der Waals surface area (Å²) in [6.45, 7) is 1.01. The molecule has 3 aromatic rings. The minimum absolute atomic E-state index is 0.00776. The van der Waals surface area contributed by atoms with E-state index in [0.717, 1.165) is 35.1 Å². The second-order valence-corrected chi connectivity index (χ2v) is 8.91. The van der Waals surface area contributed by atoms with Gasteiger partial charge in [-0.3, -0.25) is 9.36 Å². The summed E-state index contributed by atoms with van der Waals surface area (Å²) in [6, 6.07) is 9.09. The van der Waals surface area contributed by atoms with E-state index in [0.29, 0.717) is 29.1 Å². The maximum Gasteiger partial charge on any atom is 0.233 e. The first-order valence-electron chi connectivity index (χ1n) is 9.27. The molecule has 6 nitrogen and oxygen atoms in total. The van der Waals surface area contributed by atoms with Gasteiger partial charge in [-0.25, -0.2) is 0 Å². The molecule has 0 radical (unpaired) electrons. The first-order chi connectivity index (χ1) is 14.0. The fourth-order valence-electron chi connectivity index (χ4n) is 3.06. The zero-order chi connectivity index (χ0) is 20.4. The van der Waals surface area contributed by atoms with E-state index in [1.165, 1.54) is 11.8 Å². The molecular formula is C20H20Cl2N4O2S. The Hall–Kier alpha value is -1.96. The molecule has 1 fully saturated rings. The van der Waals surface area contributed by atoms with E-state index in [2.05, 4.69) is 14.8 Å². The smallest absolute Gasteiger partial charge is 0.233 e. The van der Waals surface area contributed by atoms with Gasteiger partial charge in [-0.15, -0.1) is 10.2 Å². The lowest BCUT2D eigenvalue weighted by molar-refractivity contribution is -0.127. The van der Waals surface area contributed by atoms with E-state index < -0.39 is 0 Å². The van der Waals surface area contributed by atoms with Crippen LogP contribution in [0.3, 0.4) is 0 Å². The van der Waals surface area contributed by atoms with E-state index in [-0.39, 0.29) is 11.7 Å². The molecule has 0 saturated heterocycles. The molecule has 2 heterocycles. The second kappa shape index (κ2) is 8.81. The van der Waals surface area contributed by atoms with Crippen molar-refractivity contribution in [3.8, 4) is 0 Å². The Morgan fingerprint density at radius 3 is 2.69 bits per heavy atom. The van der Waals surface area contributed by atoms with Gasteiger partial charge in [-0.05, 0) is 48.7 Å². The minimum Gasteiger partial charge on any atom is -0.467 e. The molecule has 1 aliphatic rings. The lowest BCUT2D eigenvalue weighted by Gasteiger charge is -2.17. The molecule has 0 spiro atoms. The number of furan rings is 1. The maximum absolute atomic E-state index is 12.6. The second-order valence-electron chi connectivity index (χ2n) is 7.10. The summed E-state index contributed by atoms with van der Waals surface area (Å²) in [7, 11) is 1.76. The molecule has 4 rings (SSSR count). The highest BCUT2D eigenvalue weighted by atomic mass is 35.5. The molecular weight excluding hydrogens is 431 g/mol. The Kier molecular flexibility index (Phi) is 6.18. The molecule has 0 unspecified atom stereocenters. The average molecular weight is 451 g/mol. The van der Waals surface area contributed by atoms with Crippen LogP contribution in [-0.2, 0) is 17.9 Å². The highest BCUT2D eigenvalue weighted by Gasteiger charge is 2.31. The number of hydrogen-bond acceptors (Lipinski definition) is 5. The standard InChI is InChI=1S/C20H20Cl2N4O2S/c1-25(10-13-7-15(21)9-16(22)8-13)18(27)12-29-20-24-23-19(14-4-5-14)26(20)11-17-3-2-6-28-17/h2-3,6-9,14H,4-5,10-12H2,1H3. The van der Waals surface area contributed by atoms with Crippen molar-refractivity contribution in [3.63, 3.8) is 0 Å². The summed E-state index contributed by atoms with van der Waals surface area (Å²) in [6.07, 6.45) is 3.92. The number of nitrogens with zero attached hydrogens (tertiary/aromatic N) is 4. The van der Waals surface area contributed by atoms with Crippen LogP contribution in [0.5, 0.6) is 0 Å². The van der Waals surface area contributed by atoms with Crippen LogP contribution in [0.4, 0.5) is 0 Å². The summed E-state index contributed by atoms with van der Waals surface area (Å²) in [5.41, 5.74) is 0.889. The van der Waals surface area contributed by atoms with Gasteiger partial charge in [0.15, 0.2) is 5.16 Å². The highest BCUT2D eigenvalue weighted by Crippen LogP contribution is 2.40. The van der Waals surface area contributed by atoms with Crippen molar-refractivity contribution in [3.05, 3.63) is 63.8 Å². The fourth-order valence-corrected chi connectivity index (χ4v) is 4.51. The Bertz CT molecular complexity index is 982. The Labute approximate surface area is 183 Å². The third-order valence-electron chi connectivity index (χ3n) is 4.67. The molecule has 1 amide bonds. The van der Waals surface area contributed by atoms with Crippen LogP contribution >= 0.6 is 35.0 Å². The lowest BCUT2D eigenvalue weighted by atomic mass is 10.2. The quantitative estimate of drug-likeness (QED) is 0.458. The molecule has 0 aliphatic heterocycles. The molecule has 1 aromatic carbocycles. The largest absolute Gasteiger partial charge is 0.467 e. The first-order valence-corrected chi connectivity index (χ1v) is 11.0. The molecule has 1 aliphatic carbocycles. The van der Waals surface area contributed by atoms with Gasteiger partial charge in [0.05, 0.1) is 18.6 Å². The predicted molar refractivity (Wildman–Crippen MR) is 113 cm³/mol. The number of hydrogen-bond donors (Lipinski definition) is 0. The SMILES string of the molecule is CN(Cc1cc(Cl)cc(Cl)c1)C(=O)CSc1nnc(C2CC2)n1Cc1ccco1. The predicted octanol–water partition coefficient (Wildman–Crippen LogP) is 4.85. The number of carbonyl (C=O) groups is 1. The zero-order valence-electron chi connectivity index (χ0n) is 15.8. The Morgan fingerprint density at radius 1 is 1.28 bits per heavy atom. The van der Waals surface area contributed by atoms with Crippen molar-refractivity contribution < 1.29 is 9.21 Å². The number of aromatic nitrogens is 3. The summed E-state index contributed by atoms with van der Waals surface area (Å²) in [5, 5.41) is 10.5. The van der Waals surface area contributed by atoms with Crippen molar-refractivity contribution in [2.75, 3.05) is 12.8 Å². The van der Waals surface area contributed by atoms with Crippen LogP contribution in [0.1, 0.15) is 35.9 Å². The number of thioether (sulfide) groups is 1. The van der Waals surface area contributed by atoms with E-state index in [9.17, 15) is 4.79 Å². The number of amides is 1. The van der Waals surface area contributed by atoms with Crippen molar-refractivity contribution in [2.45, 2.75) is 37.0 Å². The van der Waals surface area contributed by atoms with Crippen molar-refractivity contribution in [1.29, 1.82) is 0 Å². The van der Waals surface area contributed by atoms with Gasteiger partial charge in [-0.2, -0.15) is 0 Å². The summed E-state index contributed by atoms with van der Waals surface area (Å²) in [4.78, 5) is 14.3. The van der Waals surface area contributed by atoms with Gasteiger partial charge in [-0.1, -0.05) is 35.0 Å². The normalized spacial score (nSPS) is 13.6. The summed E-state index contributed by atoms with van der Waals surface area (Å²) in [5.74, 6) is 2.53. The number of benzene rings is 1. The minimum atomic E-state index is -0.00776. The number of carbonyl (C=O) groups excluding carboxylic acids is 1. The molecule has 9 heteroatoms. The van der Waals surface area contributed by atoms with Gasteiger partial charge in [0.2, 0.25) is 5.91 Å². The average Bonchev–Trinajstić information content (AvgIpc) is 3.23. The molecule has 2 aromatic heterocycles. The topological polar surface area (TPSA) is 64.2 Å². The Morgan fingerprint density at radius 2 is 2.03 bits per heavy atom. The molecule has 0 atom stereocenters. The van der Waals surface area contributed by atoms with Crippen LogP contribution in [0.15, 0.2) is 46.2 Å². The van der Waals surface area contributed by atoms with Crippen LogP contribution in [0.25, 0.3) is 0 Å². The third-order valence-corrected chi connectivity index (χ3v) is 6.06. The number of halogens is 2. The first kappa shape index (κ1) is 20.3. The zero-order valence-corrected chi connectivity index (χ0v) is 18.2. The molecule has 29 heavy (non-hydrogen) atoms. The van der Waals surface area contributed by atoms with E-state index in [4.69, 9.17) is 27.6 Å². The molecule has 1 saturated carbocycles. The summed E-state index contributed by atoms with van der Waals surface area (Å²) < 4.78 is 7.54. The fraction of sp³-hybridized carbons (Fsp3) is 0.350. The van der Waals surface area contributed by atoms with Crippen LogP contribution in [0, 0.1) is 0 Å². The van der Waals surface area contributed by atoms with Crippen LogP contribution in [0.2, 0.25) is 10.0 Å². The van der Waals surface area contributed by atoms with Crippen molar-refractivity contribution in [2.24, 2.45) is 0 Å². The van der Waals surface area contributed by atoms with Crippen LogP contribution < -0.4 is 0 Å². The van der Waals surface area contributed by atoms with Gasteiger partial charge >= 0.3 is 0 Å². The molecule has 152 valence electrons. The Balaban J connectivity index is 1.41. The number of rotatable bonds is 8. The van der Waals surface area contributed by atoms with Crippen molar-refractivity contribution >= 4 is 40.9 Å². The highest BCUT2D eigenvalue weighted by molar-refractivity contribution is 7.99. The van der Waals surface area contributed by atoms with E-state index >= 15 is 0 Å². The monoisotopic (exact) mass is 450 g/mol. The van der Waals surface area contributed by atoms with Gasteiger partial charge in [0.1, 0.15) is 11.6 Å². The maximum atomic E-state index is 12.6. The summed E-state index contributed by atoms with van der Waals surface area (Å²) >= 11 is 13.5. The van der Waals surface area contributed by atoms with Crippen molar-refractivity contribution in [1.82, 2.24) is 19.7 Å². The van der Waals surface area contributed by atoms with E-state index in [1.54, 1.807) is 24.3 Å². The van der Waals surface area contributed by atoms with E-state index in [1.807, 2.05) is 24.3 Å². The molecule has 0 N–H and O–H groups in total. The third kappa shape index (κ3) is 5.15.